The summed E-state index contributed by atoms with van der Waals surface area (Å²) in [5.74, 6) is -1.92. The van der Waals surface area contributed by atoms with Crippen molar-refractivity contribution in [3.63, 3.8) is 0 Å². The zero-order valence-electron chi connectivity index (χ0n) is 14.2. The van der Waals surface area contributed by atoms with Crippen molar-refractivity contribution in [2.24, 2.45) is 0 Å². The van der Waals surface area contributed by atoms with Gasteiger partial charge in [0.1, 0.15) is 11.4 Å². The Labute approximate surface area is 144 Å². The van der Waals surface area contributed by atoms with Crippen LogP contribution in [0.15, 0.2) is 42.6 Å². The first-order valence-corrected chi connectivity index (χ1v) is 7.94. The molecular formula is C19H18FN3O2. The van der Waals surface area contributed by atoms with Gasteiger partial charge in [-0.2, -0.15) is 0 Å². The van der Waals surface area contributed by atoms with E-state index in [2.05, 4.69) is 10.3 Å². The molecule has 0 atom stereocenters. The smallest absolute Gasteiger partial charge is 0.339 e. The first-order valence-electron chi connectivity index (χ1n) is 7.94. The highest BCUT2D eigenvalue weighted by molar-refractivity contribution is 5.93. The molecule has 3 rings (SSSR count). The molecule has 0 aliphatic carbocycles. The lowest BCUT2D eigenvalue weighted by Crippen LogP contribution is -2.12. The summed E-state index contributed by atoms with van der Waals surface area (Å²) in [5.41, 5.74) is 2.14. The standard InChI is InChI=1S/C19H18FN3O2/c1-11(2)16-10-21-22-23(16)15-9-14(13-7-5-4-6-8-13)18(20)17(12(15)3)19(24)25/h4-11H,1-3H3,(H,24,25). The average molecular weight is 339 g/mol. The number of nitrogens with zero attached hydrogens (tertiary/aromatic N) is 3. The van der Waals surface area contributed by atoms with Gasteiger partial charge in [0, 0.05) is 5.56 Å². The molecule has 3 aromatic rings. The molecule has 1 aromatic heterocycles. The highest BCUT2D eigenvalue weighted by Crippen LogP contribution is 2.32. The second-order valence-electron chi connectivity index (χ2n) is 6.15. The number of aromatic nitrogens is 3. The lowest BCUT2D eigenvalue weighted by molar-refractivity contribution is 0.0691. The predicted molar refractivity (Wildman–Crippen MR) is 92.5 cm³/mol. The number of hydrogen-bond donors (Lipinski definition) is 1. The third kappa shape index (κ3) is 2.91. The molecule has 0 radical (unpaired) electrons. The van der Waals surface area contributed by atoms with Crippen molar-refractivity contribution in [3.8, 4) is 16.8 Å². The van der Waals surface area contributed by atoms with Crippen molar-refractivity contribution in [3.05, 3.63) is 65.2 Å². The largest absolute Gasteiger partial charge is 0.478 e. The van der Waals surface area contributed by atoms with Gasteiger partial charge in [-0.3, -0.25) is 0 Å². The topological polar surface area (TPSA) is 68.0 Å². The van der Waals surface area contributed by atoms with Gasteiger partial charge in [-0.15, -0.1) is 5.10 Å². The Morgan fingerprint density at radius 2 is 1.92 bits per heavy atom. The lowest BCUT2D eigenvalue weighted by atomic mass is 9.96. The molecule has 0 saturated heterocycles. The van der Waals surface area contributed by atoms with Crippen LogP contribution in [0, 0.1) is 12.7 Å². The number of hydrogen-bond acceptors (Lipinski definition) is 3. The van der Waals surface area contributed by atoms with Crippen LogP contribution in [0.25, 0.3) is 16.8 Å². The van der Waals surface area contributed by atoms with Gasteiger partial charge in [0.15, 0.2) is 0 Å². The Morgan fingerprint density at radius 3 is 2.52 bits per heavy atom. The Bertz CT molecular complexity index is 933. The van der Waals surface area contributed by atoms with E-state index in [1.54, 1.807) is 48.1 Å². The molecule has 0 unspecified atom stereocenters. The highest BCUT2D eigenvalue weighted by Gasteiger charge is 2.24. The molecule has 0 amide bonds. The molecule has 0 bridgehead atoms. The minimum absolute atomic E-state index is 0.132. The van der Waals surface area contributed by atoms with Crippen LogP contribution in [-0.4, -0.2) is 26.1 Å². The van der Waals surface area contributed by atoms with Crippen molar-refractivity contribution in [1.82, 2.24) is 15.0 Å². The number of halogens is 1. The summed E-state index contributed by atoms with van der Waals surface area (Å²) in [5, 5.41) is 17.5. The van der Waals surface area contributed by atoms with Crippen LogP contribution >= 0.6 is 0 Å². The van der Waals surface area contributed by atoms with Crippen molar-refractivity contribution >= 4 is 5.97 Å². The third-order valence-electron chi connectivity index (χ3n) is 4.19. The summed E-state index contributed by atoms with van der Waals surface area (Å²) in [6, 6.07) is 10.5. The molecule has 0 fully saturated rings. The van der Waals surface area contributed by atoms with Gasteiger partial charge in [-0.05, 0) is 30.0 Å². The van der Waals surface area contributed by atoms with Gasteiger partial charge in [-0.25, -0.2) is 13.9 Å². The molecule has 0 spiro atoms. The van der Waals surface area contributed by atoms with E-state index in [9.17, 15) is 14.3 Å². The molecule has 0 saturated carbocycles. The fraction of sp³-hybridized carbons (Fsp3) is 0.211. The van der Waals surface area contributed by atoms with Crippen molar-refractivity contribution < 1.29 is 14.3 Å². The second-order valence-corrected chi connectivity index (χ2v) is 6.15. The molecule has 25 heavy (non-hydrogen) atoms. The molecule has 6 heteroatoms. The predicted octanol–water partition coefficient (Wildman–Crippen LogP) is 4.20. The van der Waals surface area contributed by atoms with Gasteiger partial charge in [-0.1, -0.05) is 49.4 Å². The summed E-state index contributed by atoms with van der Waals surface area (Å²) >= 11 is 0. The zero-order valence-corrected chi connectivity index (χ0v) is 14.2. The van der Waals surface area contributed by atoms with Crippen LogP contribution in [0.5, 0.6) is 0 Å². The molecule has 1 N–H and O–H groups in total. The molecule has 5 nitrogen and oxygen atoms in total. The summed E-state index contributed by atoms with van der Waals surface area (Å²) in [6.07, 6.45) is 1.64. The molecular weight excluding hydrogens is 321 g/mol. The van der Waals surface area contributed by atoms with Gasteiger partial charge in [0.25, 0.3) is 0 Å². The number of carboxylic acids is 1. The third-order valence-corrected chi connectivity index (χ3v) is 4.19. The van der Waals surface area contributed by atoms with Crippen molar-refractivity contribution in [2.45, 2.75) is 26.7 Å². The van der Waals surface area contributed by atoms with Crippen LogP contribution < -0.4 is 0 Å². The fourth-order valence-corrected chi connectivity index (χ4v) is 2.86. The summed E-state index contributed by atoms with van der Waals surface area (Å²) in [6.45, 7) is 5.57. The minimum Gasteiger partial charge on any atom is -0.478 e. The number of aromatic carboxylic acids is 1. The van der Waals surface area contributed by atoms with E-state index in [0.717, 1.165) is 5.69 Å². The van der Waals surface area contributed by atoms with Crippen molar-refractivity contribution in [1.29, 1.82) is 0 Å². The molecule has 2 aromatic carbocycles. The lowest BCUT2D eigenvalue weighted by Gasteiger charge is -2.16. The van der Waals surface area contributed by atoms with Gasteiger partial charge in [0.2, 0.25) is 0 Å². The molecule has 1 heterocycles. The average Bonchev–Trinajstić information content (AvgIpc) is 3.05. The Balaban J connectivity index is 2.35. The van der Waals surface area contributed by atoms with E-state index in [-0.39, 0.29) is 17.0 Å². The van der Waals surface area contributed by atoms with E-state index in [1.807, 2.05) is 19.9 Å². The van der Waals surface area contributed by atoms with Crippen LogP contribution in [0.4, 0.5) is 4.39 Å². The Morgan fingerprint density at radius 1 is 1.24 bits per heavy atom. The summed E-state index contributed by atoms with van der Waals surface area (Å²) in [4.78, 5) is 11.7. The van der Waals surface area contributed by atoms with Gasteiger partial charge in [0.05, 0.1) is 17.6 Å². The van der Waals surface area contributed by atoms with Crippen LogP contribution in [0.1, 0.15) is 41.4 Å². The van der Waals surface area contributed by atoms with E-state index >= 15 is 0 Å². The SMILES string of the molecule is Cc1c(-n2nncc2C(C)C)cc(-c2ccccc2)c(F)c1C(=O)O. The normalized spacial score (nSPS) is 11.1. The first-order chi connectivity index (χ1) is 11.9. The Kier molecular flexibility index (Phi) is 4.35. The maximum Gasteiger partial charge on any atom is 0.339 e. The van der Waals surface area contributed by atoms with Crippen LogP contribution in [0.2, 0.25) is 0 Å². The van der Waals surface area contributed by atoms with Gasteiger partial charge >= 0.3 is 5.97 Å². The van der Waals surface area contributed by atoms with Crippen LogP contribution in [0.3, 0.4) is 0 Å². The fourth-order valence-electron chi connectivity index (χ4n) is 2.86. The minimum atomic E-state index is -1.31. The number of carbonyl (C=O) groups is 1. The maximum atomic E-state index is 14.9. The molecule has 0 aliphatic heterocycles. The second kappa shape index (κ2) is 6.47. The first kappa shape index (κ1) is 16.8. The maximum absolute atomic E-state index is 14.9. The van der Waals surface area contributed by atoms with E-state index in [0.29, 0.717) is 16.8 Å². The number of benzene rings is 2. The summed E-state index contributed by atoms with van der Waals surface area (Å²) < 4.78 is 16.5. The number of carboxylic acid groups (broad SMARTS) is 1. The quantitative estimate of drug-likeness (QED) is 0.773. The van der Waals surface area contributed by atoms with Crippen molar-refractivity contribution in [2.75, 3.05) is 0 Å². The monoisotopic (exact) mass is 339 g/mol. The van der Waals surface area contributed by atoms with E-state index in [4.69, 9.17) is 0 Å². The highest BCUT2D eigenvalue weighted by atomic mass is 19.1. The van der Waals surface area contributed by atoms with Gasteiger partial charge < -0.3 is 5.11 Å². The zero-order chi connectivity index (χ0) is 18.1. The number of rotatable bonds is 4. The molecule has 128 valence electrons. The molecule has 0 aliphatic rings. The van der Waals surface area contributed by atoms with E-state index in [1.165, 1.54) is 0 Å². The van der Waals surface area contributed by atoms with E-state index < -0.39 is 11.8 Å². The van der Waals surface area contributed by atoms with Crippen LogP contribution in [-0.2, 0) is 0 Å². The summed E-state index contributed by atoms with van der Waals surface area (Å²) in [7, 11) is 0. The Hall–Kier alpha value is -3.02.